The van der Waals surface area contributed by atoms with Crippen LogP contribution in [0.3, 0.4) is 0 Å². The van der Waals surface area contributed by atoms with E-state index in [2.05, 4.69) is 0 Å². The van der Waals surface area contributed by atoms with Gasteiger partial charge in [-0.25, -0.2) is 0 Å². The predicted molar refractivity (Wildman–Crippen MR) is 53.0 cm³/mol. The van der Waals surface area contributed by atoms with Gasteiger partial charge < -0.3 is 9.84 Å². The summed E-state index contributed by atoms with van der Waals surface area (Å²) in [5.41, 5.74) is -0.710. The van der Waals surface area contributed by atoms with Gasteiger partial charge in [-0.1, -0.05) is 0 Å². The molecule has 1 rings (SSSR count). The molecule has 14 heavy (non-hydrogen) atoms. The number of hydrogen-bond donors (Lipinski definition) is 1. The second-order valence-corrected chi connectivity index (χ2v) is 3.88. The molecule has 77 valence electrons. The highest BCUT2D eigenvalue weighted by Gasteiger charge is 2.11. The highest BCUT2D eigenvalue weighted by atomic mass is 16.5. The van der Waals surface area contributed by atoms with Crippen molar-refractivity contribution >= 4 is 0 Å². The van der Waals surface area contributed by atoms with Crippen LogP contribution in [0, 0.1) is 0 Å². The second kappa shape index (κ2) is 4.33. The van der Waals surface area contributed by atoms with Crippen LogP contribution in [-0.4, -0.2) is 17.3 Å². The summed E-state index contributed by atoms with van der Waals surface area (Å²) in [5, 5.41) is 20.2. The lowest BCUT2D eigenvalue weighted by molar-refractivity contribution is 0.0553. The van der Waals surface area contributed by atoms with Crippen LogP contribution in [0.2, 0.25) is 0 Å². The third-order valence-corrected chi connectivity index (χ3v) is 1.81. The minimum atomic E-state index is -0.710. The number of ether oxygens (including phenoxy) is 1. The van der Waals surface area contributed by atoms with Gasteiger partial charge in [-0.05, 0) is 38.1 Å². The van der Waals surface area contributed by atoms with Gasteiger partial charge in [-0.3, -0.25) is 5.11 Å². The Morgan fingerprint density at radius 2 is 1.86 bits per heavy atom. The van der Waals surface area contributed by atoms with E-state index in [0.29, 0.717) is 18.8 Å². The molecule has 1 aromatic rings. The zero-order chi connectivity index (χ0) is 10.6. The zero-order valence-corrected chi connectivity index (χ0v) is 8.49. The smallest absolute Gasteiger partial charge is 0.178 e. The summed E-state index contributed by atoms with van der Waals surface area (Å²) in [5.74, 6) is 0.633. The lowest BCUT2D eigenvalue weighted by Crippen LogP contribution is -2.21. The second-order valence-electron chi connectivity index (χ2n) is 3.88. The van der Waals surface area contributed by atoms with Gasteiger partial charge in [-0.15, -0.1) is 0 Å². The summed E-state index contributed by atoms with van der Waals surface area (Å²) in [4.78, 5) is 0. The molecule has 0 unspecified atom stereocenters. The maximum Gasteiger partial charge on any atom is 0.178 e. The highest BCUT2D eigenvalue weighted by molar-refractivity contribution is 5.29. The first-order chi connectivity index (χ1) is 6.47. The fraction of sp³-hybridized carbons (Fsp3) is 0.455. The third kappa shape index (κ3) is 4.14. The van der Waals surface area contributed by atoms with Crippen molar-refractivity contribution in [2.45, 2.75) is 25.9 Å². The van der Waals surface area contributed by atoms with Crippen LogP contribution in [0.25, 0.3) is 0 Å². The molecule has 3 heteroatoms. The Morgan fingerprint density at radius 1 is 1.29 bits per heavy atom. The van der Waals surface area contributed by atoms with Crippen LogP contribution >= 0.6 is 0 Å². The van der Waals surface area contributed by atoms with Gasteiger partial charge >= 0.3 is 0 Å². The summed E-state index contributed by atoms with van der Waals surface area (Å²) in [6.45, 7) is 3.91. The first-order valence-corrected chi connectivity index (χ1v) is 4.60. The lowest BCUT2D eigenvalue weighted by Gasteiger charge is -2.16. The van der Waals surface area contributed by atoms with E-state index in [1.54, 1.807) is 26.0 Å². The minimum Gasteiger partial charge on any atom is -0.493 e. The van der Waals surface area contributed by atoms with E-state index in [1.807, 2.05) is 0 Å². The summed E-state index contributed by atoms with van der Waals surface area (Å²) in [6.07, 6.45) is 0.562. The maximum atomic E-state index is 10.8. The average molecular weight is 195 g/mol. The van der Waals surface area contributed by atoms with Crippen LogP contribution in [0.1, 0.15) is 20.3 Å². The summed E-state index contributed by atoms with van der Waals surface area (Å²) in [7, 11) is 0. The largest absolute Gasteiger partial charge is 0.493 e. The molecule has 0 aliphatic rings. The van der Waals surface area contributed by atoms with E-state index >= 15 is 0 Å². The monoisotopic (exact) mass is 195 g/mol. The van der Waals surface area contributed by atoms with Crippen molar-refractivity contribution in [3.8, 4) is 11.5 Å². The Bertz CT molecular complexity index is 272. The van der Waals surface area contributed by atoms with E-state index < -0.39 is 5.60 Å². The zero-order valence-electron chi connectivity index (χ0n) is 8.49. The van der Waals surface area contributed by atoms with Crippen molar-refractivity contribution in [1.29, 1.82) is 0 Å². The fourth-order valence-electron chi connectivity index (χ4n) is 0.955. The van der Waals surface area contributed by atoms with Crippen molar-refractivity contribution in [1.82, 2.24) is 0 Å². The van der Waals surface area contributed by atoms with Gasteiger partial charge in [0.25, 0.3) is 0 Å². The first kappa shape index (κ1) is 10.9. The van der Waals surface area contributed by atoms with E-state index in [9.17, 15) is 10.2 Å². The average Bonchev–Trinajstić information content (AvgIpc) is 2.06. The molecule has 1 aromatic carbocycles. The van der Waals surface area contributed by atoms with E-state index in [-0.39, 0.29) is 5.75 Å². The van der Waals surface area contributed by atoms with Gasteiger partial charge in [-0.2, -0.15) is 0 Å². The molecule has 0 amide bonds. The SMILES string of the molecule is CC(C)(O)CCOc1ccc([O])cc1. The summed E-state index contributed by atoms with van der Waals surface area (Å²) < 4.78 is 5.34. The Hall–Kier alpha value is -1.22. The van der Waals surface area contributed by atoms with Gasteiger partial charge in [0.1, 0.15) is 5.75 Å². The third-order valence-electron chi connectivity index (χ3n) is 1.81. The molecule has 0 fully saturated rings. The maximum absolute atomic E-state index is 10.8. The molecular weight excluding hydrogens is 180 g/mol. The van der Waals surface area contributed by atoms with Crippen LogP contribution < -0.4 is 4.74 Å². The molecule has 0 spiro atoms. The van der Waals surface area contributed by atoms with Crippen molar-refractivity contribution in [3.05, 3.63) is 24.3 Å². The van der Waals surface area contributed by atoms with Gasteiger partial charge in [0.2, 0.25) is 0 Å². The first-order valence-electron chi connectivity index (χ1n) is 4.60. The normalized spacial score (nSPS) is 11.4. The van der Waals surface area contributed by atoms with Crippen LogP contribution in [0.5, 0.6) is 11.5 Å². The van der Waals surface area contributed by atoms with E-state index in [4.69, 9.17) is 4.74 Å². The number of aliphatic hydroxyl groups is 1. The van der Waals surface area contributed by atoms with Gasteiger partial charge in [0.05, 0.1) is 12.2 Å². The molecule has 0 bridgehead atoms. The molecule has 0 aromatic heterocycles. The lowest BCUT2D eigenvalue weighted by atomic mass is 10.1. The molecule has 0 heterocycles. The van der Waals surface area contributed by atoms with Crippen LogP contribution in [0.15, 0.2) is 24.3 Å². The predicted octanol–water partition coefficient (Wildman–Crippen LogP) is 2.37. The Kier molecular flexibility index (Phi) is 3.36. The Labute approximate surface area is 84.0 Å². The quantitative estimate of drug-likeness (QED) is 0.801. The molecule has 1 N–H and O–H groups in total. The molecule has 0 aliphatic carbocycles. The van der Waals surface area contributed by atoms with Gasteiger partial charge in [0, 0.05) is 6.42 Å². The van der Waals surface area contributed by atoms with Crippen molar-refractivity contribution in [2.75, 3.05) is 6.61 Å². The summed E-state index contributed by atoms with van der Waals surface area (Å²) >= 11 is 0. The van der Waals surface area contributed by atoms with Gasteiger partial charge in [0.15, 0.2) is 5.75 Å². The Morgan fingerprint density at radius 3 is 2.36 bits per heavy atom. The van der Waals surface area contributed by atoms with Crippen molar-refractivity contribution in [2.24, 2.45) is 0 Å². The molecule has 0 aliphatic heterocycles. The van der Waals surface area contributed by atoms with E-state index in [0.717, 1.165) is 0 Å². The fourth-order valence-corrected chi connectivity index (χ4v) is 0.955. The minimum absolute atomic E-state index is 0.0279. The van der Waals surface area contributed by atoms with Crippen LogP contribution in [-0.2, 0) is 5.11 Å². The summed E-state index contributed by atoms with van der Waals surface area (Å²) in [6, 6.07) is 6.18. The molecular formula is C11H15O3. The van der Waals surface area contributed by atoms with Crippen LogP contribution in [0.4, 0.5) is 0 Å². The molecule has 0 saturated carbocycles. The number of rotatable bonds is 4. The Balaban J connectivity index is 2.35. The number of hydrogen-bond acceptors (Lipinski definition) is 2. The standard InChI is InChI=1S/C11H15O3/c1-11(2,13)7-8-14-10-5-3-9(12)4-6-10/h3-6,13H,7-8H2,1-2H3. The molecule has 1 radical (unpaired) electrons. The van der Waals surface area contributed by atoms with Crippen molar-refractivity contribution in [3.63, 3.8) is 0 Å². The van der Waals surface area contributed by atoms with E-state index in [1.165, 1.54) is 12.1 Å². The molecule has 3 nitrogen and oxygen atoms in total. The topological polar surface area (TPSA) is 49.4 Å². The highest BCUT2D eigenvalue weighted by Crippen LogP contribution is 2.17. The number of benzene rings is 1. The molecule has 0 saturated heterocycles. The molecule has 0 atom stereocenters. The van der Waals surface area contributed by atoms with Crippen molar-refractivity contribution < 1.29 is 14.9 Å².